The molecule has 55 heavy (non-hydrogen) atoms. The maximum absolute atomic E-state index is 13.3. The Balaban J connectivity index is 0.741. The summed E-state index contributed by atoms with van der Waals surface area (Å²) in [6, 6.07) is 12.7. The summed E-state index contributed by atoms with van der Waals surface area (Å²) in [6.07, 6.45) is 7.42. The minimum absolute atomic E-state index is 0.00662. The first-order chi connectivity index (χ1) is 26.7. The number of Topliss-reactive ketones (excluding diaryl/α,β-unsaturated/α-hetero) is 1. The fraction of sp³-hybridized carbons (Fsp3) is 0.537. The highest BCUT2D eigenvalue weighted by Gasteiger charge is 2.77. The third kappa shape index (κ3) is 7.49. The number of nitrogens with zero attached hydrogens (tertiary/aromatic N) is 1. The molecule has 12 nitrogen and oxygen atoms in total. The topological polar surface area (TPSA) is 148 Å². The lowest BCUT2D eigenvalue weighted by Crippen LogP contribution is -2.76. The number of halogens is 2. The van der Waals surface area contributed by atoms with Gasteiger partial charge < -0.3 is 40.0 Å². The van der Waals surface area contributed by atoms with Gasteiger partial charge in [0.25, 0.3) is 0 Å². The van der Waals surface area contributed by atoms with Crippen molar-refractivity contribution in [3.05, 3.63) is 81.7 Å². The van der Waals surface area contributed by atoms with Crippen molar-refractivity contribution < 1.29 is 38.4 Å². The Morgan fingerprint density at radius 3 is 2.47 bits per heavy atom. The first-order valence-corrected chi connectivity index (χ1v) is 20.2. The van der Waals surface area contributed by atoms with E-state index in [0.29, 0.717) is 78.8 Å². The van der Waals surface area contributed by atoms with Gasteiger partial charge in [-0.1, -0.05) is 53.5 Å². The Kier molecular flexibility index (Phi) is 11.2. The van der Waals surface area contributed by atoms with E-state index in [4.69, 9.17) is 42.1 Å². The molecule has 1 spiro atoms. The summed E-state index contributed by atoms with van der Waals surface area (Å²) >= 11 is 12.6. The minimum atomic E-state index is -1.02. The van der Waals surface area contributed by atoms with Gasteiger partial charge >= 0.3 is 6.09 Å². The third-order valence-electron chi connectivity index (χ3n) is 12.3. The van der Waals surface area contributed by atoms with Crippen molar-refractivity contribution in [2.24, 2.45) is 23.2 Å². The summed E-state index contributed by atoms with van der Waals surface area (Å²) in [6.45, 7) is 3.59. The van der Waals surface area contributed by atoms with E-state index in [1.165, 1.54) is 12.8 Å². The molecule has 2 aliphatic heterocycles. The van der Waals surface area contributed by atoms with Crippen LogP contribution in [0.1, 0.15) is 44.1 Å². The molecule has 0 radical (unpaired) electrons. The molecule has 6 atom stereocenters. The van der Waals surface area contributed by atoms with Crippen LogP contribution >= 0.6 is 23.2 Å². The van der Waals surface area contributed by atoms with Gasteiger partial charge in [-0.15, -0.1) is 0 Å². The number of nitrogens with one attached hydrogen (secondary N) is 3. The SMILES string of the molecule is O=C(Cc1ccccc1Nc1c(Cl)cccc1Cl)NCCOCCOCCNC(=O)OC1=C2OC3C(=O)CC[C@@]4(O)C5CC(C=C1)C2C34CCN5CC1CC1. The predicted octanol–water partition coefficient (Wildman–Crippen LogP) is 5.54. The van der Waals surface area contributed by atoms with Crippen molar-refractivity contribution in [3.63, 3.8) is 0 Å². The molecule has 5 unspecified atom stereocenters. The second-order valence-electron chi connectivity index (χ2n) is 15.5. The maximum atomic E-state index is 13.3. The highest BCUT2D eigenvalue weighted by molar-refractivity contribution is 6.39. The van der Waals surface area contributed by atoms with Crippen molar-refractivity contribution >= 4 is 52.4 Å². The molecule has 0 aromatic heterocycles. The lowest BCUT2D eigenvalue weighted by Gasteiger charge is -2.65. The van der Waals surface area contributed by atoms with Gasteiger partial charge in [0.05, 0.1) is 59.6 Å². The molecule has 8 rings (SSSR count). The molecule has 4 aliphatic carbocycles. The van der Waals surface area contributed by atoms with E-state index >= 15 is 0 Å². The third-order valence-corrected chi connectivity index (χ3v) is 12.9. The number of allylic oxidation sites excluding steroid dienone is 3. The van der Waals surface area contributed by atoms with Crippen molar-refractivity contribution in [1.29, 1.82) is 0 Å². The number of carbonyl (C=O) groups excluding carboxylic acids is 3. The zero-order chi connectivity index (χ0) is 38.2. The number of alkyl carbamates (subject to hydrolysis) is 1. The monoisotopic (exact) mass is 794 g/mol. The number of hydrogen-bond acceptors (Lipinski definition) is 10. The Labute approximate surface area is 330 Å². The van der Waals surface area contributed by atoms with Gasteiger partial charge in [0.15, 0.2) is 17.6 Å². The zero-order valence-electron chi connectivity index (χ0n) is 30.7. The van der Waals surface area contributed by atoms with Gasteiger partial charge in [-0.2, -0.15) is 0 Å². The number of piperidine rings is 1. The maximum Gasteiger partial charge on any atom is 0.412 e. The van der Waals surface area contributed by atoms with Gasteiger partial charge in [-0.3, -0.25) is 14.5 Å². The molecule has 2 bridgehead atoms. The number of likely N-dealkylation sites (tertiary alicyclic amines) is 1. The predicted molar refractivity (Wildman–Crippen MR) is 206 cm³/mol. The molecule has 6 aliphatic rings. The number of aliphatic hydroxyl groups is 1. The minimum Gasteiger partial charge on any atom is -0.482 e. The summed E-state index contributed by atoms with van der Waals surface area (Å²) in [7, 11) is 0. The van der Waals surface area contributed by atoms with Gasteiger partial charge in [-0.25, -0.2) is 4.79 Å². The summed E-state index contributed by atoms with van der Waals surface area (Å²) in [5.41, 5.74) is 0.390. The average Bonchev–Trinajstić information content (AvgIpc) is 3.91. The van der Waals surface area contributed by atoms with Crippen molar-refractivity contribution in [2.45, 2.75) is 62.7 Å². The van der Waals surface area contributed by atoms with E-state index in [-0.39, 0.29) is 49.1 Å². The molecule has 2 aromatic rings. The summed E-state index contributed by atoms with van der Waals surface area (Å²) in [5.74, 6) is 1.33. The van der Waals surface area contributed by atoms with E-state index in [1.807, 2.05) is 24.3 Å². The Hall–Kier alpha value is -3.65. The summed E-state index contributed by atoms with van der Waals surface area (Å²) in [5, 5.41) is 22.3. The summed E-state index contributed by atoms with van der Waals surface area (Å²) < 4.78 is 23.4. The molecule has 5 fully saturated rings. The number of ketones is 1. The lowest BCUT2D eigenvalue weighted by molar-refractivity contribution is -0.244. The van der Waals surface area contributed by atoms with Crippen LogP contribution in [0.3, 0.4) is 0 Å². The first-order valence-electron chi connectivity index (χ1n) is 19.4. The van der Waals surface area contributed by atoms with Crippen molar-refractivity contribution in [2.75, 3.05) is 57.9 Å². The number of amides is 2. The van der Waals surface area contributed by atoms with E-state index in [0.717, 1.165) is 30.8 Å². The van der Waals surface area contributed by atoms with Crippen LogP contribution in [0.4, 0.5) is 16.2 Å². The van der Waals surface area contributed by atoms with E-state index in [9.17, 15) is 19.5 Å². The molecule has 14 heteroatoms. The second kappa shape index (κ2) is 16.1. The largest absolute Gasteiger partial charge is 0.482 e. The number of para-hydroxylation sites is 2. The molecule has 2 amide bonds. The highest BCUT2D eigenvalue weighted by Crippen LogP contribution is 2.69. The quantitative estimate of drug-likeness (QED) is 0.160. The van der Waals surface area contributed by atoms with Crippen LogP contribution in [0.15, 0.2) is 66.1 Å². The van der Waals surface area contributed by atoms with E-state index in [2.05, 4.69) is 26.9 Å². The van der Waals surface area contributed by atoms with E-state index in [1.54, 1.807) is 24.3 Å². The number of rotatable bonds is 16. The molecule has 3 saturated carbocycles. The molecule has 2 aromatic carbocycles. The fourth-order valence-corrected chi connectivity index (χ4v) is 10.2. The molecule has 4 N–H and O–H groups in total. The van der Waals surface area contributed by atoms with Gasteiger partial charge in [0.1, 0.15) is 5.76 Å². The van der Waals surface area contributed by atoms with Gasteiger partial charge in [-0.05, 0) is 80.3 Å². The molecule has 294 valence electrons. The number of hydrogen-bond donors (Lipinski definition) is 4. The van der Waals surface area contributed by atoms with Crippen LogP contribution in [-0.4, -0.2) is 98.1 Å². The molecule has 2 heterocycles. The van der Waals surface area contributed by atoms with Crippen LogP contribution in [0.25, 0.3) is 0 Å². The molecular weight excluding hydrogens is 747 g/mol. The lowest BCUT2D eigenvalue weighted by atomic mass is 9.44. The Morgan fingerprint density at radius 2 is 1.71 bits per heavy atom. The Bertz CT molecular complexity index is 1850. The van der Waals surface area contributed by atoms with Crippen LogP contribution in [0.2, 0.25) is 10.0 Å². The smallest absolute Gasteiger partial charge is 0.412 e. The molecule has 2 saturated heterocycles. The van der Waals surface area contributed by atoms with Crippen LogP contribution in [-0.2, 0) is 35.0 Å². The van der Waals surface area contributed by atoms with Crippen molar-refractivity contribution in [1.82, 2.24) is 15.5 Å². The number of anilines is 2. The molecular formula is C41H48Cl2N4O8. The van der Waals surface area contributed by atoms with Crippen LogP contribution < -0.4 is 16.0 Å². The van der Waals surface area contributed by atoms with Crippen molar-refractivity contribution in [3.8, 4) is 0 Å². The highest BCUT2D eigenvalue weighted by atomic mass is 35.5. The number of carbonyl (C=O) groups is 3. The first kappa shape index (κ1) is 38.2. The standard InChI is InChI=1S/C41H48Cl2N4O8/c42-28-5-3-6-29(43)36(28)46-30-7-2-1-4-26(30)23-34(49)44-15-18-52-20-21-53-19-16-45-39(50)54-32-11-10-27-22-33-41(51)13-12-31(48)38-40(41,35(27)37(32)55-38)14-17-47(33)24-25-8-9-25/h1-7,10-11,25,27,33,35,38,46,51H,8-9,12-24H2,(H,44,49)(H,45,50)/t27?,33?,35?,38?,40?,41-/m1/s1. The Morgan fingerprint density at radius 1 is 0.964 bits per heavy atom. The normalized spacial score (nSPS) is 29.0. The number of benzene rings is 2. The van der Waals surface area contributed by atoms with E-state index < -0.39 is 23.2 Å². The summed E-state index contributed by atoms with van der Waals surface area (Å²) in [4.78, 5) is 41.3. The fourth-order valence-electron chi connectivity index (χ4n) is 9.67. The second-order valence-corrected chi connectivity index (χ2v) is 16.4. The number of ether oxygens (including phenoxy) is 4. The van der Waals surface area contributed by atoms with Crippen LogP contribution in [0, 0.1) is 23.2 Å². The van der Waals surface area contributed by atoms with Crippen LogP contribution in [0.5, 0.6) is 0 Å². The zero-order valence-corrected chi connectivity index (χ0v) is 32.2. The van der Waals surface area contributed by atoms with Gasteiger partial charge in [0.2, 0.25) is 5.91 Å². The average molecular weight is 796 g/mol. The van der Waals surface area contributed by atoms with Gasteiger partial charge in [0, 0.05) is 43.7 Å².